The molecule has 0 saturated heterocycles. The summed E-state index contributed by atoms with van der Waals surface area (Å²) in [5, 5.41) is 3.33. The summed E-state index contributed by atoms with van der Waals surface area (Å²) in [5.41, 5.74) is 1.04. The third-order valence-electron chi connectivity index (χ3n) is 6.12. The van der Waals surface area contributed by atoms with Crippen molar-refractivity contribution in [3.63, 3.8) is 0 Å². The number of nitrogens with one attached hydrogen (secondary N) is 1. The van der Waals surface area contributed by atoms with E-state index in [0.29, 0.717) is 30.3 Å². The van der Waals surface area contributed by atoms with Gasteiger partial charge in [-0.15, -0.1) is 0 Å². The molecule has 3 rings (SSSR count). The summed E-state index contributed by atoms with van der Waals surface area (Å²) < 4.78 is 35.1. The third-order valence-corrected chi connectivity index (χ3v) is 8.69. The van der Waals surface area contributed by atoms with Crippen molar-refractivity contribution in [1.29, 1.82) is 0 Å². The van der Waals surface area contributed by atoms with E-state index in [1.54, 1.807) is 67.6 Å². The molecule has 0 radical (unpaired) electrons. The lowest BCUT2D eigenvalue weighted by molar-refractivity contribution is -0.140. The van der Waals surface area contributed by atoms with Gasteiger partial charge in [0.05, 0.1) is 17.2 Å². The molecular formula is C29H33BrClN3O5S. The van der Waals surface area contributed by atoms with Crippen molar-refractivity contribution in [2.24, 2.45) is 0 Å². The van der Waals surface area contributed by atoms with Crippen LogP contribution in [0.5, 0.6) is 5.75 Å². The number of rotatable bonds is 13. The van der Waals surface area contributed by atoms with Crippen LogP contribution in [0.3, 0.4) is 0 Å². The number of benzene rings is 3. The Kier molecular flexibility index (Phi) is 11.4. The summed E-state index contributed by atoms with van der Waals surface area (Å²) in [7, 11) is -4.16. The minimum Gasteiger partial charge on any atom is -0.494 e. The van der Waals surface area contributed by atoms with Crippen molar-refractivity contribution in [2.45, 2.75) is 44.7 Å². The lowest BCUT2D eigenvalue weighted by atomic mass is 10.1. The summed E-state index contributed by atoms with van der Waals surface area (Å²) in [4.78, 5) is 28.4. The Morgan fingerprint density at radius 1 is 0.950 bits per heavy atom. The average molecular weight is 651 g/mol. The van der Waals surface area contributed by atoms with Crippen LogP contribution in [0, 0.1) is 0 Å². The fraction of sp³-hybridized carbons (Fsp3) is 0.310. The van der Waals surface area contributed by atoms with Crippen molar-refractivity contribution < 1.29 is 22.7 Å². The summed E-state index contributed by atoms with van der Waals surface area (Å²) in [6, 6.07) is 18.9. The highest BCUT2D eigenvalue weighted by molar-refractivity contribution is 9.10. The van der Waals surface area contributed by atoms with Gasteiger partial charge in [-0.2, -0.15) is 0 Å². The maximum atomic E-state index is 14.0. The van der Waals surface area contributed by atoms with Gasteiger partial charge in [-0.25, -0.2) is 8.42 Å². The molecule has 0 aliphatic rings. The first-order valence-corrected chi connectivity index (χ1v) is 15.5. The first-order chi connectivity index (χ1) is 19.1. The topological polar surface area (TPSA) is 96.0 Å². The third kappa shape index (κ3) is 7.99. The van der Waals surface area contributed by atoms with Gasteiger partial charge in [0.1, 0.15) is 18.3 Å². The van der Waals surface area contributed by atoms with Gasteiger partial charge in [0.25, 0.3) is 10.0 Å². The fourth-order valence-corrected chi connectivity index (χ4v) is 5.94. The number of halogens is 2. The van der Waals surface area contributed by atoms with Gasteiger partial charge in [0.2, 0.25) is 11.8 Å². The number of likely N-dealkylation sites (N-methyl/N-ethyl adjacent to an activating group) is 1. The van der Waals surface area contributed by atoms with Crippen molar-refractivity contribution in [1.82, 2.24) is 10.2 Å². The number of hydrogen-bond donors (Lipinski definition) is 1. The molecule has 3 aromatic rings. The van der Waals surface area contributed by atoms with Crippen LogP contribution in [-0.2, 0) is 26.2 Å². The number of anilines is 1. The van der Waals surface area contributed by atoms with Gasteiger partial charge in [0, 0.05) is 22.6 Å². The summed E-state index contributed by atoms with van der Waals surface area (Å²) in [5.74, 6) is -0.261. The van der Waals surface area contributed by atoms with E-state index in [2.05, 4.69) is 21.2 Å². The number of ether oxygens (including phenoxy) is 1. The standard InChI is InChI=1S/C29H33BrClN3O5S/c1-4-27(29(36)32-5-2)33(19-21-7-11-23(31)12-8-21)28(35)20-34(24-13-15-25(16-14-24)39-6-3)40(37,38)26-17-9-22(30)10-18-26/h7-18,27H,4-6,19-20H2,1-3H3,(H,32,36)/t27-/m0/s1. The lowest BCUT2D eigenvalue weighted by Crippen LogP contribution is -2.52. The molecule has 0 unspecified atom stereocenters. The molecule has 8 nitrogen and oxygen atoms in total. The highest BCUT2D eigenvalue weighted by atomic mass is 79.9. The minimum atomic E-state index is -4.16. The Labute approximate surface area is 249 Å². The van der Waals surface area contributed by atoms with Crippen LogP contribution < -0.4 is 14.4 Å². The van der Waals surface area contributed by atoms with Crippen molar-refractivity contribution >= 4 is 55.1 Å². The number of carbonyl (C=O) groups is 2. The Hall–Kier alpha value is -3.08. The van der Waals surface area contributed by atoms with Crippen LogP contribution in [0.2, 0.25) is 5.02 Å². The number of sulfonamides is 1. The SMILES string of the molecule is CCNC(=O)[C@H](CC)N(Cc1ccc(Cl)cc1)C(=O)CN(c1ccc(OCC)cc1)S(=O)(=O)c1ccc(Br)cc1. The Balaban J connectivity index is 2.05. The van der Waals surface area contributed by atoms with Crippen molar-refractivity contribution in [3.8, 4) is 5.75 Å². The van der Waals surface area contributed by atoms with Gasteiger partial charge < -0.3 is 15.0 Å². The molecule has 0 saturated carbocycles. The molecule has 0 spiro atoms. The van der Waals surface area contributed by atoms with Crippen LogP contribution in [0.15, 0.2) is 82.2 Å². The van der Waals surface area contributed by atoms with Crippen LogP contribution in [0.1, 0.15) is 32.8 Å². The number of nitrogens with zero attached hydrogens (tertiary/aromatic N) is 2. The maximum absolute atomic E-state index is 14.0. The summed E-state index contributed by atoms with van der Waals surface area (Å²) in [6.45, 7) is 5.90. The minimum absolute atomic E-state index is 0.0254. The lowest BCUT2D eigenvalue weighted by Gasteiger charge is -2.33. The number of hydrogen-bond acceptors (Lipinski definition) is 5. The Morgan fingerprint density at radius 3 is 2.12 bits per heavy atom. The highest BCUT2D eigenvalue weighted by Crippen LogP contribution is 2.27. The van der Waals surface area contributed by atoms with E-state index in [1.807, 2.05) is 13.8 Å². The monoisotopic (exact) mass is 649 g/mol. The molecule has 0 fully saturated rings. The van der Waals surface area contributed by atoms with Gasteiger partial charge >= 0.3 is 0 Å². The van der Waals surface area contributed by atoms with E-state index in [4.69, 9.17) is 16.3 Å². The first kappa shape index (κ1) is 31.4. The van der Waals surface area contributed by atoms with E-state index < -0.39 is 28.5 Å². The second-order valence-electron chi connectivity index (χ2n) is 8.86. The molecular weight excluding hydrogens is 618 g/mol. The van der Waals surface area contributed by atoms with Gasteiger partial charge in [-0.3, -0.25) is 13.9 Å². The van der Waals surface area contributed by atoms with Crippen LogP contribution in [0.4, 0.5) is 5.69 Å². The van der Waals surface area contributed by atoms with Gasteiger partial charge in [-0.05, 0) is 86.5 Å². The van der Waals surface area contributed by atoms with Gasteiger partial charge in [0.15, 0.2) is 0 Å². The predicted octanol–water partition coefficient (Wildman–Crippen LogP) is 5.64. The molecule has 0 aliphatic heterocycles. The molecule has 3 aromatic carbocycles. The summed E-state index contributed by atoms with van der Waals surface area (Å²) in [6.07, 6.45) is 0.341. The molecule has 1 N–H and O–H groups in total. The first-order valence-electron chi connectivity index (χ1n) is 12.9. The van der Waals surface area contributed by atoms with Crippen LogP contribution in [0.25, 0.3) is 0 Å². The Morgan fingerprint density at radius 2 is 1.57 bits per heavy atom. The normalized spacial score (nSPS) is 11.9. The second kappa shape index (κ2) is 14.5. The average Bonchev–Trinajstić information content (AvgIpc) is 2.93. The zero-order chi connectivity index (χ0) is 29.3. The van der Waals surface area contributed by atoms with E-state index in [0.717, 1.165) is 14.3 Å². The van der Waals surface area contributed by atoms with Crippen LogP contribution >= 0.6 is 27.5 Å². The zero-order valence-electron chi connectivity index (χ0n) is 22.6. The van der Waals surface area contributed by atoms with Crippen molar-refractivity contribution in [3.05, 3.63) is 87.9 Å². The molecule has 0 aliphatic carbocycles. The van der Waals surface area contributed by atoms with Crippen LogP contribution in [-0.4, -0.2) is 50.9 Å². The van der Waals surface area contributed by atoms with E-state index in [9.17, 15) is 18.0 Å². The fourth-order valence-electron chi connectivity index (χ4n) is 4.14. The zero-order valence-corrected chi connectivity index (χ0v) is 25.8. The second-order valence-corrected chi connectivity index (χ2v) is 12.1. The molecule has 40 heavy (non-hydrogen) atoms. The summed E-state index contributed by atoms with van der Waals surface area (Å²) >= 11 is 9.38. The largest absolute Gasteiger partial charge is 0.494 e. The van der Waals surface area contributed by atoms with E-state index in [-0.39, 0.29) is 23.0 Å². The Bertz CT molecular complexity index is 1380. The molecule has 1 atom stereocenters. The smallest absolute Gasteiger partial charge is 0.264 e. The highest BCUT2D eigenvalue weighted by Gasteiger charge is 2.33. The quantitative estimate of drug-likeness (QED) is 0.258. The van der Waals surface area contributed by atoms with E-state index in [1.165, 1.54) is 17.0 Å². The molecule has 2 amide bonds. The molecule has 0 bridgehead atoms. The number of amides is 2. The predicted molar refractivity (Wildman–Crippen MR) is 161 cm³/mol. The maximum Gasteiger partial charge on any atom is 0.264 e. The van der Waals surface area contributed by atoms with E-state index >= 15 is 0 Å². The van der Waals surface area contributed by atoms with Crippen molar-refractivity contribution in [2.75, 3.05) is 24.0 Å². The molecule has 0 aromatic heterocycles. The van der Waals surface area contributed by atoms with Gasteiger partial charge in [-0.1, -0.05) is 46.6 Å². The molecule has 0 heterocycles. The number of carbonyl (C=O) groups excluding carboxylic acids is 2. The molecule has 11 heteroatoms. The molecule has 214 valence electrons.